The van der Waals surface area contributed by atoms with Crippen LogP contribution in [0.2, 0.25) is 0 Å². The molecule has 0 aliphatic rings. The van der Waals surface area contributed by atoms with Crippen molar-refractivity contribution in [2.75, 3.05) is 4.90 Å². The van der Waals surface area contributed by atoms with Crippen molar-refractivity contribution in [1.29, 1.82) is 0 Å². The van der Waals surface area contributed by atoms with Crippen molar-refractivity contribution in [1.82, 2.24) is 4.57 Å². The SMILES string of the molecule is c1ccc(-n2c3cc(-c4ccc(N(c5ccc6c(c5)oc5ccccc56)c5ccc6sc7ccccc7c6c5)cc4)ccc3c3ccc4ccccc4c32)cc1. The smallest absolute Gasteiger partial charge is 0.137 e. The number of aromatic nitrogens is 1. The van der Waals surface area contributed by atoms with E-state index >= 15 is 0 Å². The monoisotopic (exact) mass is 732 g/mol. The third-order valence-electron chi connectivity index (χ3n) is 11.4. The van der Waals surface area contributed by atoms with Crippen molar-refractivity contribution in [3.63, 3.8) is 0 Å². The minimum absolute atomic E-state index is 0.877. The van der Waals surface area contributed by atoms with Crippen molar-refractivity contribution in [2.45, 2.75) is 0 Å². The number of anilines is 3. The van der Waals surface area contributed by atoms with Crippen LogP contribution < -0.4 is 4.90 Å². The van der Waals surface area contributed by atoms with Crippen LogP contribution in [0.15, 0.2) is 199 Å². The molecule has 0 aliphatic carbocycles. The summed E-state index contributed by atoms with van der Waals surface area (Å²) >= 11 is 1.84. The van der Waals surface area contributed by atoms with E-state index in [4.69, 9.17) is 4.42 Å². The van der Waals surface area contributed by atoms with E-state index in [1.807, 2.05) is 23.5 Å². The molecule has 262 valence electrons. The molecule has 0 fully saturated rings. The Morgan fingerprint density at radius 2 is 1.04 bits per heavy atom. The number of para-hydroxylation sites is 2. The van der Waals surface area contributed by atoms with E-state index in [0.717, 1.165) is 50.3 Å². The molecule has 0 spiro atoms. The summed E-state index contributed by atoms with van der Waals surface area (Å²) in [5.41, 5.74) is 10.9. The molecule has 4 heteroatoms. The molecule has 3 aromatic heterocycles. The highest BCUT2D eigenvalue weighted by Crippen LogP contribution is 2.43. The van der Waals surface area contributed by atoms with Crippen LogP contribution >= 0.6 is 11.3 Å². The molecule has 0 bridgehead atoms. The Bertz CT molecular complexity index is 3480. The summed E-state index contributed by atoms with van der Waals surface area (Å²) in [5, 5.41) is 9.81. The highest BCUT2D eigenvalue weighted by Gasteiger charge is 2.19. The van der Waals surface area contributed by atoms with Gasteiger partial charge < -0.3 is 13.9 Å². The molecule has 12 aromatic rings. The molecule has 0 radical (unpaired) electrons. The van der Waals surface area contributed by atoms with E-state index < -0.39 is 0 Å². The summed E-state index contributed by atoms with van der Waals surface area (Å²) < 4.78 is 11.4. The maximum Gasteiger partial charge on any atom is 0.137 e. The Kier molecular flexibility index (Phi) is 6.80. The normalized spacial score (nSPS) is 11.9. The molecule has 3 nitrogen and oxygen atoms in total. The first-order valence-corrected chi connectivity index (χ1v) is 19.8. The summed E-state index contributed by atoms with van der Waals surface area (Å²) in [6.45, 7) is 0. The highest BCUT2D eigenvalue weighted by atomic mass is 32.1. The van der Waals surface area contributed by atoms with Crippen molar-refractivity contribution >= 4 is 103 Å². The Hall–Kier alpha value is -7.14. The van der Waals surface area contributed by atoms with Gasteiger partial charge in [0, 0.05) is 75.9 Å². The average Bonchev–Trinajstić information content (AvgIpc) is 3.93. The Morgan fingerprint density at radius 1 is 0.393 bits per heavy atom. The van der Waals surface area contributed by atoms with E-state index in [0.29, 0.717) is 0 Å². The van der Waals surface area contributed by atoms with Gasteiger partial charge in [-0.2, -0.15) is 0 Å². The lowest BCUT2D eigenvalue weighted by molar-refractivity contribution is 0.669. The second-order valence-corrected chi connectivity index (χ2v) is 15.6. The second kappa shape index (κ2) is 12.2. The largest absolute Gasteiger partial charge is 0.456 e. The molecule has 12 rings (SSSR count). The highest BCUT2D eigenvalue weighted by molar-refractivity contribution is 7.25. The van der Waals surface area contributed by atoms with Gasteiger partial charge in [-0.05, 0) is 89.3 Å². The summed E-state index contributed by atoms with van der Waals surface area (Å²) in [6.07, 6.45) is 0. The van der Waals surface area contributed by atoms with Gasteiger partial charge in [-0.1, -0.05) is 115 Å². The number of fused-ring (bicyclic) bond motifs is 11. The molecule has 0 aliphatic heterocycles. The summed E-state index contributed by atoms with van der Waals surface area (Å²) in [7, 11) is 0. The van der Waals surface area contributed by atoms with E-state index in [1.165, 1.54) is 58.3 Å². The number of thiophene rings is 1. The lowest BCUT2D eigenvalue weighted by atomic mass is 10.0. The molecule has 3 heterocycles. The van der Waals surface area contributed by atoms with Gasteiger partial charge in [-0.15, -0.1) is 11.3 Å². The number of rotatable bonds is 5. The maximum atomic E-state index is 6.40. The van der Waals surface area contributed by atoms with Gasteiger partial charge in [0.15, 0.2) is 0 Å². The lowest BCUT2D eigenvalue weighted by Crippen LogP contribution is -2.09. The molecular weight excluding hydrogens is 701 g/mol. The van der Waals surface area contributed by atoms with Crippen molar-refractivity contribution in [3.05, 3.63) is 194 Å². The van der Waals surface area contributed by atoms with Crippen LogP contribution in [0.3, 0.4) is 0 Å². The van der Waals surface area contributed by atoms with Gasteiger partial charge in [-0.3, -0.25) is 0 Å². The van der Waals surface area contributed by atoms with Gasteiger partial charge in [-0.25, -0.2) is 0 Å². The van der Waals surface area contributed by atoms with E-state index in [9.17, 15) is 0 Å². The zero-order valence-electron chi connectivity index (χ0n) is 30.2. The fourth-order valence-corrected chi connectivity index (χ4v) is 9.85. The number of nitrogens with zero attached hydrogens (tertiary/aromatic N) is 2. The van der Waals surface area contributed by atoms with E-state index in [1.54, 1.807) is 0 Å². The minimum Gasteiger partial charge on any atom is -0.456 e. The molecule has 0 amide bonds. The van der Waals surface area contributed by atoms with Crippen LogP contribution in [-0.4, -0.2) is 4.57 Å². The minimum atomic E-state index is 0.877. The van der Waals surface area contributed by atoms with Crippen LogP contribution in [0.1, 0.15) is 0 Å². The van der Waals surface area contributed by atoms with Crippen LogP contribution in [-0.2, 0) is 0 Å². The van der Waals surface area contributed by atoms with Crippen LogP contribution in [0, 0.1) is 0 Å². The number of hydrogen-bond donors (Lipinski definition) is 0. The summed E-state index contributed by atoms with van der Waals surface area (Å²) in [4.78, 5) is 2.35. The molecule has 9 aromatic carbocycles. The first-order chi connectivity index (χ1) is 27.7. The quantitative estimate of drug-likeness (QED) is 0.176. The second-order valence-electron chi connectivity index (χ2n) is 14.5. The zero-order valence-corrected chi connectivity index (χ0v) is 31.0. The van der Waals surface area contributed by atoms with Gasteiger partial charge in [0.1, 0.15) is 11.2 Å². The third kappa shape index (κ3) is 4.76. The summed E-state index contributed by atoms with van der Waals surface area (Å²) in [5.74, 6) is 0. The van der Waals surface area contributed by atoms with Crippen LogP contribution in [0.25, 0.3) is 91.5 Å². The van der Waals surface area contributed by atoms with Crippen LogP contribution in [0.5, 0.6) is 0 Å². The van der Waals surface area contributed by atoms with Gasteiger partial charge >= 0.3 is 0 Å². The first-order valence-electron chi connectivity index (χ1n) is 19.0. The predicted octanol–water partition coefficient (Wildman–Crippen LogP) is 15.3. The van der Waals surface area contributed by atoms with Crippen molar-refractivity contribution < 1.29 is 4.42 Å². The standard InChI is InChI=1S/C52H32N2OS/c1-2-11-36(12-3-1)54-47-30-35(21-26-41(47)45-27-20-34-10-4-5-13-40(34)52(45)54)33-18-22-37(23-19-33)53(38-25-29-51-46(31-38)44-15-7-9-17-50(44)56-51)39-24-28-43-42-14-6-8-16-48(42)55-49(43)32-39/h1-32H. The maximum absolute atomic E-state index is 6.40. The Balaban J connectivity index is 1.02. The van der Waals surface area contributed by atoms with Gasteiger partial charge in [0.2, 0.25) is 0 Å². The first kappa shape index (κ1) is 31.2. The molecule has 0 unspecified atom stereocenters. The Labute approximate surface area is 326 Å². The molecular formula is C52H32N2OS. The summed E-state index contributed by atoms with van der Waals surface area (Å²) in [6, 6.07) is 70.3. The van der Waals surface area contributed by atoms with Gasteiger partial charge in [0.05, 0.1) is 11.0 Å². The lowest BCUT2D eigenvalue weighted by Gasteiger charge is -2.26. The molecule has 0 N–H and O–H groups in total. The Morgan fingerprint density at radius 3 is 1.93 bits per heavy atom. The fourth-order valence-electron chi connectivity index (χ4n) is 8.76. The molecule has 56 heavy (non-hydrogen) atoms. The van der Waals surface area contributed by atoms with Gasteiger partial charge in [0.25, 0.3) is 0 Å². The number of furan rings is 1. The number of benzene rings is 9. The third-order valence-corrected chi connectivity index (χ3v) is 12.5. The molecule has 0 saturated heterocycles. The van der Waals surface area contributed by atoms with Crippen LogP contribution in [0.4, 0.5) is 17.1 Å². The van der Waals surface area contributed by atoms with E-state index in [-0.39, 0.29) is 0 Å². The molecule has 0 atom stereocenters. The fraction of sp³-hybridized carbons (Fsp3) is 0. The average molecular weight is 733 g/mol. The van der Waals surface area contributed by atoms with Crippen molar-refractivity contribution in [3.8, 4) is 16.8 Å². The molecule has 0 saturated carbocycles. The topological polar surface area (TPSA) is 21.3 Å². The number of hydrogen-bond acceptors (Lipinski definition) is 3. The zero-order chi connectivity index (χ0) is 36.7. The van der Waals surface area contributed by atoms with Crippen molar-refractivity contribution in [2.24, 2.45) is 0 Å². The predicted molar refractivity (Wildman–Crippen MR) is 239 cm³/mol. The van der Waals surface area contributed by atoms with E-state index in [2.05, 4.69) is 191 Å².